The van der Waals surface area contributed by atoms with Crippen molar-refractivity contribution in [2.24, 2.45) is 0 Å². The van der Waals surface area contributed by atoms with E-state index in [-0.39, 0.29) is 17.0 Å². The number of aromatic amines is 2. The summed E-state index contributed by atoms with van der Waals surface area (Å²) in [6.07, 6.45) is -1.26. The second-order valence-electron chi connectivity index (χ2n) is 6.40. The molecule has 27 heavy (non-hydrogen) atoms. The summed E-state index contributed by atoms with van der Waals surface area (Å²) in [5.74, 6) is 0.641. The largest absolute Gasteiger partial charge is 0.433 e. The standard InChI is InChI=1S/C17H12F3N5OS/c18-17(19,20)16-10(6-22-25-16)15-11-7-27(26)4-3-8(11)14-9-5-21-24-12(9)1-2-13(14)23-15/h1-2,5-6H,3-4,7H2,(H,21,24)(H,22,25)/t27-/m1/s1. The van der Waals surface area contributed by atoms with Crippen molar-refractivity contribution in [1.82, 2.24) is 25.4 Å². The summed E-state index contributed by atoms with van der Waals surface area (Å²) in [7, 11) is -1.14. The number of fused-ring (bicyclic) bond motifs is 5. The Morgan fingerprint density at radius 2 is 1.89 bits per heavy atom. The maximum Gasteiger partial charge on any atom is 0.433 e. The molecule has 0 amide bonds. The first-order valence-corrected chi connectivity index (χ1v) is 9.65. The van der Waals surface area contributed by atoms with E-state index in [4.69, 9.17) is 0 Å². The normalized spacial score (nSPS) is 17.5. The Morgan fingerprint density at radius 3 is 2.70 bits per heavy atom. The average Bonchev–Trinajstić information content (AvgIpc) is 3.29. The van der Waals surface area contributed by atoms with Gasteiger partial charge in [-0.1, -0.05) is 0 Å². The molecule has 138 valence electrons. The number of hydrogen-bond donors (Lipinski definition) is 2. The summed E-state index contributed by atoms with van der Waals surface area (Å²) < 4.78 is 52.4. The highest BCUT2D eigenvalue weighted by atomic mass is 32.2. The lowest BCUT2D eigenvalue weighted by atomic mass is 9.94. The monoisotopic (exact) mass is 391 g/mol. The van der Waals surface area contributed by atoms with Gasteiger partial charge in [-0.2, -0.15) is 23.4 Å². The van der Waals surface area contributed by atoms with Crippen molar-refractivity contribution >= 4 is 32.6 Å². The molecule has 1 aliphatic rings. The van der Waals surface area contributed by atoms with Gasteiger partial charge in [0.15, 0.2) is 0 Å². The van der Waals surface area contributed by atoms with E-state index < -0.39 is 22.7 Å². The molecule has 0 saturated carbocycles. The summed E-state index contributed by atoms with van der Waals surface area (Å²) in [4.78, 5) is 4.53. The first-order valence-electron chi connectivity index (χ1n) is 8.17. The average molecular weight is 391 g/mol. The van der Waals surface area contributed by atoms with Crippen LogP contribution in [0.4, 0.5) is 13.2 Å². The summed E-state index contributed by atoms with van der Waals surface area (Å²) in [5.41, 5.74) is 2.01. The summed E-state index contributed by atoms with van der Waals surface area (Å²) in [5, 5.41) is 14.3. The van der Waals surface area contributed by atoms with E-state index in [2.05, 4.69) is 20.3 Å². The van der Waals surface area contributed by atoms with Crippen LogP contribution >= 0.6 is 0 Å². The van der Waals surface area contributed by atoms with Crippen molar-refractivity contribution in [1.29, 1.82) is 0 Å². The molecule has 0 spiro atoms. The van der Waals surface area contributed by atoms with Crippen molar-refractivity contribution in [2.45, 2.75) is 18.3 Å². The number of aromatic nitrogens is 5. The molecule has 3 aromatic heterocycles. The van der Waals surface area contributed by atoms with Gasteiger partial charge in [0, 0.05) is 27.3 Å². The lowest BCUT2D eigenvalue weighted by molar-refractivity contribution is -0.140. The number of nitrogens with zero attached hydrogens (tertiary/aromatic N) is 3. The zero-order chi connectivity index (χ0) is 18.8. The minimum Gasteiger partial charge on any atom is -0.278 e. The lowest BCUT2D eigenvalue weighted by Gasteiger charge is -2.21. The molecule has 1 aliphatic heterocycles. The minimum atomic E-state index is -4.59. The van der Waals surface area contributed by atoms with Crippen LogP contribution in [0.5, 0.6) is 0 Å². The van der Waals surface area contributed by atoms with Crippen LogP contribution in [0.15, 0.2) is 24.5 Å². The number of pyridine rings is 1. The Bertz CT molecular complexity index is 1230. The smallest absolute Gasteiger partial charge is 0.278 e. The van der Waals surface area contributed by atoms with Gasteiger partial charge in [0.1, 0.15) is 5.69 Å². The van der Waals surface area contributed by atoms with Crippen LogP contribution < -0.4 is 0 Å². The van der Waals surface area contributed by atoms with Gasteiger partial charge in [0.2, 0.25) is 0 Å². The van der Waals surface area contributed by atoms with E-state index >= 15 is 0 Å². The zero-order valence-corrected chi connectivity index (χ0v) is 14.5. The summed E-state index contributed by atoms with van der Waals surface area (Å²) >= 11 is 0. The Kier molecular flexibility index (Phi) is 3.42. The fraction of sp³-hybridized carbons (Fsp3) is 0.235. The molecular formula is C17H12F3N5OS. The molecule has 1 atom stereocenters. The fourth-order valence-corrected chi connectivity index (χ4v) is 4.89. The van der Waals surface area contributed by atoms with Gasteiger partial charge in [-0.25, -0.2) is 4.98 Å². The zero-order valence-electron chi connectivity index (χ0n) is 13.7. The van der Waals surface area contributed by atoms with Crippen LogP contribution in [0, 0.1) is 0 Å². The van der Waals surface area contributed by atoms with Crippen LogP contribution in [0.3, 0.4) is 0 Å². The maximum atomic E-state index is 13.4. The quantitative estimate of drug-likeness (QED) is 0.521. The van der Waals surface area contributed by atoms with Crippen molar-refractivity contribution in [3.8, 4) is 11.3 Å². The summed E-state index contributed by atoms with van der Waals surface area (Å²) in [6.45, 7) is 0. The van der Waals surface area contributed by atoms with Crippen LogP contribution in [-0.4, -0.2) is 35.3 Å². The molecule has 0 bridgehead atoms. The van der Waals surface area contributed by atoms with Gasteiger partial charge in [-0.3, -0.25) is 14.4 Å². The van der Waals surface area contributed by atoms with Gasteiger partial charge in [-0.15, -0.1) is 0 Å². The van der Waals surface area contributed by atoms with E-state index in [0.717, 1.165) is 28.0 Å². The van der Waals surface area contributed by atoms with Crippen LogP contribution in [-0.2, 0) is 29.1 Å². The third-order valence-corrected chi connectivity index (χ3v) is 6.12. The number of benzene rings is 1. The molecule has 2 N–H and O–H groups in total. The molecule has 4 heterocycles. The van der Waals surface area contributed by atoms with E-state index in [1.165, 1.54) is 0 Å². The van der Waals surface area contributed by atoms with Crippen molar-refractivity contribution in [3.63, 3.8) is 0 Å². The van der Waals surface area contributed by atoms with E-state index in [9.17, 15) is 17.4 Å². The van der Waals surface area contributed by atoms with Gasteiger partial charge in [-0.05, 0) is 29.7 Å². The number of aryl methyl sites for hydroxylation is 1. The molecule has 4 aromatic rings. The molecular weight excluding hydrogens is 379 g/mol. The lowest BCUT2D eigenvalue weighted by Crippen LogP contribution is -2.17. The number of alkyl halides is 3. The van der Waals surface area contributed by atoms with Crippen LogP contribution in [0.25, 0.3) is 33.1 Å². The van der Waals surface area contributed by atoms with Gasteiger partial charge in [0.05, 0.1) is 40.4 Å². The van der Waals surface area contributed by atoms with Crippen LogP contribution in [0.1, 0.15) is 16.8 Å². The molecule has 6 nitrogen and oxygen atoms in total. The molecule has 0 saturated heterocycles. The highest BCUT2D eigenvalue weighted by Crippen LogP contribution is 2.40. The molecule has 0 fully saturated rings. The predicted molar refractivity (Wildman–Crippen MR) is 94.4 cm³/mol. The van der Waals surface area contributed by atoms with Crippen LogP contribution in [0.2, 0.25) is 0 Å². The SMILES string of the molecule is O=[S@@]1CCc2c(c(-c3cn[nH]c3C(F)(F)F)nc3ccc4[nH]ncc4c23)C1. The number of H-pyrrole nitrogens is 2. The molecule has 10 heteroatoms. The summed E-state index contributed by atoms with van der Waals surface area (Å²) in [6, 6.07) is 3.56. The molecule has 0 radical (unpaired) electrons. The third kappa shape index (κ3) is 2.47. The van der Waals surface area contributed by atoms with Gasteiger partial charge < -0.3 is 0 Å². The number of hydrogen-bond acceptors (Lipinski definition) is 4. The maximum absolute atomic E-state index is 13.4. The van der Waals surface area contributed by atoms with E-state index in [0.29, 0.717) is 23.3 Å². The number of halogens is 3. The fourth-order valence-electron chi connectivity index (χ4n) is 3.68. The Balaban J connectivity index is 1.89. The highest BCUT2D eigenvalue weighted by molar-refractivity contribution is 7.84. The second-order valence-corrected chi connectivity index (χ2v) is 7.98. The molecule has 0 aliphatic carbocycles. The van der Waals surface area contributed by atoms with Gasteiger partial charge in [0.25, 0.3) is 0 Å². The van der Waals surface area contributed by atoms with Crippen molar-refractivity contribution in [3.05, 3.63) is 41.3 Å². The topological polar surface area (TPSA) is 87.3 Å². The Hall–Kier alpha value is -2.75. The Labute approximate surface area is 152 Å². The first kappa shape index (κ1) is 16.4. The number of rotatable bonds is 1. The minimum absolute atomic E-state index is 0.119. The van der Waals surface area contributed by atoms with E-state index in [1.807, 2.05) is 5.10 Å². The van der Waals surface area contributed by atoms with Gasteiger partial charge >= 0.3 is 6.18 Å². The number of nitrogens with one attached hydrogen (secondary N) is 2. The third-order valence-electron chi connectivity index (χ3n) is 4.85. The molecule has 1 aromatic carbocycles. The Morgan fingerprint density at radius 1 is 1.07 bits per heavy atom. The highest BCUT2D eigenvalue weighted by Gasteiger charge is 2.37. The first-order chi connectivity index (χ1) is 12.9. The van der Waals surface area contributed by atoms with E-state index in [1.54, 1.807) is 18.3 Å². The van der Waals surface area contributed by atoms with Crippen molar-refractivity contribution in [2.75, 3.05) is 5.75 Å². The second kappa shape index (κ2) is 5.62. The molecule has 0 unspecified atom stereocenters. The molecule has 5 rings (SSSR count). The predicted octanol–water partition coefficient (Wildman–Crippen LogP) is 3.32. The van der Waals surface area contributed by atoms with Crippen molar-refractivity contribution < 1.29 is 17.4 Å².